The molecule has 0 amide bonds. The van der Waals surface area contributed by atoms with Crippen LogP contribution >= 0.6 is 12.6 Å². The Hall–Kier alpha value is 0.310. The number of thiol groups is 1. The molecule has 0 aliphatic heterocycles. The topological polar surface area (TPSA) is 3.24 Å². The van der Waals surface area contributed by atoms with E-state index in [0.717, 1.165) is 5.75 Å². The van der Waals surface area contributed by atoms with Crippen LogP contribution in [0.2, 0.25) is 0 Å². The van der Waals surface area contributed by atoms with Gasteiger partial charge in [-0.15, -0.1) is 0 Å². The fourth-order valence-corrected chi connectivity index (χ4v) is 1.92. The first-order chi connectivity index (χ1) is 7.35. The Morgan fingerprint density at radius 3 is 1.93 bits per heavy atom. The van der Waals surface area contributed by atoms with Gasteiger partial charge in [0, 0.05) is 0 Å². The standard InChI is InChI=1S/C13H29NS/c1-3-5-7-8-11-14(10-6-4-2)12-9-13-15/h15H,3-13H2,1-2H3. The lowest BCUT2D eigenvalue weighted by atomic mass is 10.2. The molecule has 0 bridgehead atoms. The van der Waals surface area contributed by atoms with Crippen molar-refractivity contribution in [2.75, 3.05) is 25.4 Å². The summed E-state index contributed by atoms with van der Waals surface area (Å²) >= 11 is 4.28. The van der Waals surface area contributed by atoms with Crippen molar-refractivity contribution in [2.24, 2.45) is 0 Å². The molecular formula is C13H29NS. The minimum Gasteiger partial charge on any atom is -0.303 e. The van der Waals surface area contributed by atoms with Gasteiger partial charge in [0.05, 0.1) is 0 Å². The highest BCUT2D eigenvalue weighted by Gasteiger charge is 2.02. The average Bonchev–Trinajstić information content (AvgIpc) is 2.27. The summed E-state index contributed by atoms with van der Waals surface area (Å²) in [7, 11) is 0. The van der Waals surface area contributed by atoms with Crippen molar-refractivity contribution in [3.63, 3.8) is 0 Å². The molecular weight excluding hydrogens is 202 g/mol. The van der Waals surface area contributed by atoms with Crippen LogP contribution in [-0.4, -0.2) is 30.3 Å². The Morgan fingerprint density at radius 1 is 0.733 bits per heavy atom. The molecule has 1 nitrogen and oxygen atoms in total. The third kappa shape index (κ3) is 10.6. The van der Waals surface area contributed by atoms with Gasteiger partial charge in [-0.3, -0.25) is 0 Å². The normalized spacial score (nSPS) is 11.2. The third-order valence-electron chi connectivity index (χ3n) is 2.79. The van der Waals surface area contributed by atoms with Gasteiger partial charge in [0.1, 0.15) is 0 Å². The van der Waals surface area contributed by atoms with E-state index in [9.17, 15) is 0 Å². The fraction of sp³-hybridized carbons (Fsp3) is 1.00. The monoisotopic (exact) mass is 231 g/mol. The summed E-state index contributed by atoms with van der Waals surface area (Å²) in [6.45, 7) is 8.38. The summed E-state index contributed by atoms with van der Waals surface area (Å²) in [5.74, 6) is 1.03. The van der Waals surface area contributed by atoms with Crippen LogP contribution in [0.3, 0.4) is 0 Å². The Kier molecular flexibility index (Phi) is 12.6. The molecule has 0 aromatic carbocycles. The van der Waals surface area contributed by atoms with Gasteiger partial charge in [-0.05, 0) is 44.6 Å². The molecule has 0 saturated heterocycles. The number of unbranched alkanes of at least 4 members (excludes halogenated alkanes) is 4. The maximum absolute atomic E-state index is 4.28. The van der Waals surface area contributed by atoms with E-state index >= 15 is 0 Å². The van der Waals surface area contributed by atoms with E-state index in [-0.39, 0.29) is 0 Å². The zero-order chi connectivity index (χ0) is 11.4. The number of nitrogens with zero attached hydrogens (tertiary/aromatic N) is 1. The van der Waals surface area contributed by atoms with Crippen molar-refractivity contribution in [3.05, 3.63) is 0 Å². The van der Waals surface area contributed by atoms with Crippen molar-refractivity contribution in [1.82, 2.24) is 4.90 Å². The van der Waals surface area contributed by atoms with Gasteiger partial charge in [0.15, 0.2) is 0 Å². The molecule has 0 unspecified atom stereocenters. The highest BCUT2D eigenvalue weighted by Crippen LogP contribution is 2.04. The molecule has 92 valence electrons. The molecule has 15 heavy (non-hydrogen) atoms. The van der Waals surface area contributed by atoms with Gasteiger partial charge in [0.2, 0.25) is 0 Å². The van der Waals surface area contributed by atoms with E-state index in [1.54, 1.807) is 0 Å². The Labute approximate surface area is 102 Å². The summed E-state index contributed by atoms with van der Waals surface area (Å²) in [5.41, 5.74) is 0. The first kappa shape index (κ1) is 15.3. The lowest BCUT2D eigenvalue weighted by Gasteiger charge is -2.21. The predicted molar refractivity (Wildman–Crippen MR) is 74.0 cm³/mol. The minimum atomic E-state index is 1.03. The largest absolute Gasteiger partial charge is 0.303 e. The Bertz CT molecular complexity index is 109. The van der Waals surface area contributed by atoms with Crippen LogP contribution in [0.4, 0.5) is 0 Å². The molecule has 0 atom stereocenters. The fourth-order valence-electron chi connectivity index (χ4n) is 1.77. The van der Waals surface area contributed by atoms with Gasteiger partial charge in [-0.2, -0.15) is 12.6 Å². The van der Waals surface area contributed by atoms with E-state index in [1.807, 2.05) is 0 Å². The Balaban J connectivity index is 3.49. The van der Waals surface area contributed by atoms with Crippen molar-refractivity contribution >= 4 is 12.6 Å². The van der Waals surface area contributed by atoms with Crippen molar-refractivity contribution in [2.45, 2.75) is 58.8 Å². The maximum Gasteiger partial charge on any atom is -0.00110 e. The van der Waals surface area contributed by atoms with Gasteiger partial charge in [-0.1, -0.05) is 39.5 Å². The molecule has 0 N–H and O–H groups in total. The van der Waals surface area contributed by atoms with E-state index in [1.165, 1.54) is 64.6 Å². The van der Waals surface area contributed by atoms with Crippen LogP contribution < -0.4 is 0 Å². The molecule has 0 aromatic rings. The second-order valence-electron chi connectivity index (χ2n) is 4.33. The van der Waals surface area contributed by atoms with E-state index < -0.39 is 0 Å². The van der Waals surface area contributed by atoms with Gasteiger partial charge in [0.25, 0.3) is 0 Å². The van der Waals surface area contributed by atoms with Crippen molar-refractivity contribution in [3.8, 4) is 0 Å². The second kappa shape index (κ2) is 12.4. The summed E-state index contributed by atoms with van der Waals surface area (Å²) in [5, 5.41) is 0. The lowest BCUT2D eigenvalue weighted by Crippen LogP contribution is -2.27. The predicted octanol–water partition coefficient (Wildman–Crippen LogP) is 3.99. The molecule has 2 heteroatoms. The van der Waals surface area contributed by atoms with Crippen LogP contribution in [-0.2, 0) is 0 Å². The van der Waals surface area contributed by atoms with Crippen molar-refractivity contribution < 1.29 is 0 Å². The van der Waals surface area contributed by atoms with E-state index in [4.69, 9.17) is 0 Å². The minimum absolute atomic E-state index is 1.03. The molecule has 0 aromatic heterocycles. The molecule has 0 spiro atoms. The maximum atomic E-state index is 4.28. The van der Waals surface area contributed by atoms with Gasteiger partial charge in [-0.25, -0.2) is 0 Å². The quantitative estimate of drug-likeness (QED) is 0.416. The van der Waals surface area contributed by atoms with Crippen LogP contribution in [0.5, 0.6) is 0 Å². The zero-order valence-electron chi connectivity index (χ0n) is 10.7. The van der Waals surface area contributed by atoms with Crippen LogP contribution in [0.15, 0.2) is 0 Å². The molecule has 0 radical (unpaired) electrons. The molecule has 0 fully saturated rings. The summed E-state index contributed by atoms with van der Waals surface area (Å²) in [6.07, 6.45) is 9.41. The summed E-state index contributed by atoms with van der Waals surface area (Å²) in [4.78, 5) is 2.62. The second-order valence-corrected chi connectivity index (χ2v) is 4.78. The van der Waals surface area contributed by atoms with E-state index in [0.29, 0.717) is 0 Å². The summed E-state index contributed by atoms with van der Waals surface area (Å²) in [6, 6.07) is 0. The van der Waals surface area contributed by atoms with Gasteiger partial charge < -0.3 is 4.90 Å². The first-order valence-corrected chi connectivity index (χ1v) is 7.31. The van der Waals surface area contributed by atoms with Gasteiger partial charge >= 0.3 is 0 Å². The zero-order valence-corrected chi connectivity index (χ0v) is 11.6. The van der Waals surface area contributed by atoms with Crippen LogP contribution in [0.1, 0.15) is 58.8 Å². The molecule has 0 heterocycles. The highest BCUT2D eigenvalue weighted by molar-refractivity contribution is 7.80. The van der Waals surface area contributed by atoms with Crippen LogP contribution in [0, 0.1) is 0 Å². The molecule has 0 rings (SSSR count). The first-order valence-electron chi connectivity index (χ1n) is 6.68. The average molecular weight is 231 g/mol. The SMILES string of the molecule is CCCCCCN(CCCC)CCCS. The molecule has 0 aliphatic carbocycles. The van der Waals surface area contributed by atoms with Crippen LogP contribution in [0.25, 0.3) is 0 Å². The third-order valence-corrected chi connectivity index (χ3v) is 3.10. The lowest BCUT2D eigenvalue weighted by molar-refractivity contribution is 0.264. The molecule has 0 saturated carbocycles. The number of hydrogen-bond donors (Lipinski definition) is 1. The number of rotatable bonds is 11. The smallest absolute Gasteiger partial charge is 0.00110 e. The number of hydrogen-bond acceptors (Lipinski definition) is 2. The summed E-state index contributed by atoms with van der Waals surface area (Å²) < 4.78 is 0. The molecule has 0 aliphatic rings. The van der Waals surface area contributed by atoms with Crippen molar-refractivity contribution in [1.29, 1.82) is 0 Å². The van der Waals surface area contributed by atoms with E-state index in [2.05, 4.69) is 31.4 Å². The Morgan fingerprint density at radius 2 is 1.33 bits per heavy atom. The highest BCUT2D eigenvalue weighted by atomic mass is 32.1.